The zero-order valence-electron chi connectivity index (χ0n) is 12.9. The van der Waals surface area contributed by atoms with Crippen molar-refractivity contribution in [1.82, 2.24) is 4.90 Å². The number of nitrogens with zero attached hydrogens (tertiary/aromatic N) is 1. The van der Waals surface area contributed by atoms with Gasteiger partial charge in [-0.2, -0.15) is 0 Å². The lowest BCUT2D eigenvalue weighted by molar-refractivity contribution is -0.0147. The van der Waals surface area contributed by atoms with E-state index in [2.05, 4.69) is 11.8 Å². The summed E-state index contributed by atoms with van der Waals surface area (Å²) in [5.74, 6) is 0. The van der Waals surface area contributed by atoms with Crippen LogP contribution in [0.5, 0.6) is 0 Å². The molecule has 1 heterocycles. The third kappa shape index (κ3) is 5.40. The Morgan fingerprint density at radius 3 is 2.81 bits per heavy atom. The third-order valence-electron chi connectivity index (χ3n) is 4.13. The van der Waals surface area contributed by atoms with Crippen LogP contribution in [0, 0.1) is 5.41 Å². The van der Waals surface area contributed by atoms with Crippen LogP contribution in [0.25, 0.3) is 0 Å². The number of rotatable bonds is 7. The van der Waals surface area contributed by atoms with Crippen LogP contribution in [0.1, 0.15) is 25.3 Å². The predicted octanol–water partition coefficient (Wildman–Crippen LogP) is 1.66. The highest BCUT2D eigenvalue weighted by Gasteiger charge is 2.30. The van der Waals surface area contributed by atoms with E-state index in [0.29, 0.717) is 19.8 Å². The second-order valence-electron chi connectivity index (χ2n) is 6.46. The topological polar surface area (TPSA) is 52.9 Å². The van der Waals surface area contributed by atoms with Gasteiger partial charge in [-0.3, -0.25) is 0 Å². The Balaban J connectivity index is 1.68. The molecule has 1 fully saturated rings. The Hall–Kier alpha value is -0.940. The van der Waals surface area contributed by atoms with Crippen LogP contribution in [-0.2, 0) is 11.3 Å². The monoisotopic (exact) mass is 293 g/mol. The molecule has 0 aromatic heterocycles. The van der Waals surface area contributed by atoms with Gasteiger partial charge in [0.1, 0.15) is 0 Å². The molecule has 21 heavy (non-hydrogen) atoms. The van der Waals surface area contributed by atoms with Crippen molar-refractivity contribution in [1.29, 1.82) is 0 Å². The van der Waals surface area contributed by atoms with Crippen LogP contribution < -0.4 is 0 Å². The van der Waals surface area contributed by atoms with Crippen molar-refractivity contribution in [2.45, 2.75) is 32.5 Å². The molecule has 4 heteroatoms. The first-order chi connectivity index (χ1) is 10.1. The van der Waals surface area contributed by atoms with E-state index in [1.54, 1.807) is 0 Å². The normalized spacial score (nSPS) is 24.9. The first kappa shape index (κ1) is 16.4. The summed E-state index contributed by atoms with van der Waals surface area (Å²) in [6.45, 7) is 5.66. The van der Waals surface area contributed by atoms with Crippen LogP contribution in [-0.4, -0.2) is 54.1 Å². The molecule has 1 aliphatic heterocycles. The van der Waals surface area contributed by atoms with Crippen molar-refractivity contribution >= 4 is 0 Å². The zero-order valence-corrected chi connectivity index (χ0v) is 12.9. The summed E-state index contributed by atoms with van der Waals surface area (Å²) in [5.41, 5.74) is 1.10. The number of likely N-dealkylation sites (tertiary alicyclic amines) is 1. The largest absolute Gasteiger partial charge is 0.396 e. The van der Waals surface area contributed by atoms with Gasteiger partial charge in [-0.25, -0.2) is 0 Å². The minimum atomic E-state index is -0.477. The van der Waals surface area contributed by atoms with Gasteiger partial charge in [-0.1, -0.05) is 37.3 Å². The second-order valence-corrected chi connectivity index (χ2v) is 6.46. The molecular weight excluding hydrogens is 266 g/mol. The molecule has 2 unspecified atom stereocenters. The maximum atomic E-state index is 10.1. The fourth-order valence-electron chi connectivity index (χ4n) is 2.95. The Kier molecular flexibility index (Phi) is 6.18. The van der Waals surface area contributed by atoms with Gasteiger partial charge in [0.25, 0.3) is 0 Å². The Labute approximate surface area is 127 Å². The number of aliphatic hydroxyl groups excluding tert-OH is 2. The molecule has 2 N–H and O–H groups in total. The summed E-state index contributed by atoms with van der Waals surface area (Å²) in [6, 6.07) is 9.98. The minimum absolute atomic E-state index is 0.0249. The van der Waals surface area contributed by atoms with Crippen molar-refractivity contribution in [2.75, 3.05) is 32.8 Å². The van der Waals surface area contributed by atoms with Gasteiger partial charge in [0, 0.05) is 25.1 Å². The van der Waals surface area contributed by atoms with Gasteiger partial charge >= 0.3 is 0 Å². The summed E-state index contributed by atoms with van der Waals surface area (Å²) >= 11 is 0. The van der Waals surface area contributed by atoms with E-state index in [1.807, 2.05) is 30.3 Å². The molecule has 1 saturated heterocycles. The average molecular weight is 293 g/mol. The third-order valence-corrected chi connectivity index (χ3v) is 4.13. The smallest absolute Gasteiger partial charge is 0.0900 e. The van der Waals surface area contributed by atoms with Crippen molar-refractivity contribution in [3.63, 3.8) is 0 Å². The van der Waals surface area contributed by atoms with E-state index in [9.17, 15) is 10.2 Å². The van der Waals surface area contributed by atoms with Crippen LogP contribution in [0.15, 0.2) is 30.3 Å². The summed E-state index contributed by atoms with van der Waals surface area (Å²) in [6.07, 6.45) is 1.66. The highest BCUT2D eigenvalue weighted by atomic mass is 16.5. The van der Waals surface area contributed by atoms with Crippen molar-refractivity contribution in [2.24, 2.45) is 5.41 Å². The van der Waals surface area contributed by atoms with Crippen LogP contribution in [0.4, 0.5) is 0 Å². The Morgan fingerprint density at radius 1 is 1.33 bits per heavy atom. The lowest BCUT2D eigenvalue weighted by Gasteiger charge is -2.40. The number of benzene rings is 1. The molecule has 2 rings (SSSR count). The van der Waals surface area contributed by atoms with Gasteiger partial charge in [0.05, 0.1) is 19.3 Å². The quantitative estimate of drug-likeness (QED) is 0.803. The number of piperidine rings is 1. The molecule has 0 bridgehead atoms. The highest BCUT2D eigenvalue weighted by molar-refractivity contribution is 5.13. The molecule has 0 aliphatic carbocycles. The molecule has 118 valence electrons. The fourth-order valence-corrected chi connectivity index (χ4v) is 2.95. The van der Waals surface area contributed by atoms with E-state index in [-0.39, 0.29) is 12.0 Å². The number of aliphatic hydroxyl groups is 2. The van der Waals surface area contributed by atoms with E-state index in [0.717, 1.165) is 31.5 Å². The fraction of sp³-hybridized carbons (Fsp3) is 0.647. The first-order valence-corrected chi connectivity index (χ1v) is 7.74. The highest BCUT2D eigenvalue weighted by Crippen LogP contribution is 2.28. The number of hydrogen-bond donors (Lipinski definition) is 2. The summed E-state index contributed by atoms with van der Waals surface area (Å²) in [5, 5.41) is 19.5. The summed E-state index contributed by atoms with van der Waals surface area (Å²) in [7, 11) is 0. The average Bonchev–Trinajstić information content (AvgIpc) is 2.48. The number of ether oxygens (including phenoxy) is 1. The van der Waals surface area contributed by atoms with Crippen LogP contribution >= 0.6 is 0 Å². The first-order valence-electron chi connectivity index (χ1n) is 7.74. The molecule has 1 aromatic rings. The van der Waals surface area contributed by atoms with Crippen molar-refractivity contribution < 1.29 is 14.9 Å². The molecule has 0 amide bonds. The van der Waals surface area contributed by atoms with E-state index in [1.165, 1.54) is 0 Å². The molecule has 1 aromatic carbocycles. The van der Waals surface area contributed by atoms with Crippen molar-refractivity contribution in [3.05, 3.63) is 35.9 Å². The van der Waals surface area contributed by atoms with E-state index in [4.69, 9.17) is 4.74 Å². The number of hydrogen-bond acceptors (Lipinski definition) is 4. The molecule has 1 aliphatic rings. The maximum absolute atomic E-state index is 10.1. The van der Waals surface area contributed by atoms with Gasteiger partial charge < -0.3 is 19.8 Å². The summed E-state index contributed by atoms with van der Waals surface area (Å²) in [4.78, 5) is 2.23. The predicted molar refractivity (Wildman–Crippen MR) is 83.0 cm³/mol. The molecule has 0 spiro atoms. The van der Waals surface area contributed by atoms with Crippen molar-refractivity contribution in [3.8, 4) is 0 Å². The standard InChI is InChI=1S/C17H27NO3/c1-17(14-19)8-5-9-18(13-17)10-16(20)12-21-11-15-6-3-2-4-7-15/h2-4,6-7,16,19-20H,5,8-14H2,1H3. The number of β-amino-alcohol motifs (C(OH)–C–C–N with tert-alkyl or cyclic N) is 1. The zero-order chi connectivity index (χ0) is 15.1. The van der Waals surface area contributed by atoms with Crippen LogP contribution in [0.2, 0.25) is 0 Å². The Morgan fingerprint density at radius 2 is 2.10 bits per heavy atom. The van der Waals surface area contributed by atoms with E-state index < -0.39 is 6.10 Å². The summed E-state index contributed by atoms with van der Waals surface area (Å²) < 4.78 is 5.58. The van der Waals surface area contributed by atoms with Crippen LogP contribution in [0.3, 0.4) is 0 Å². The minimum Gasteiger partial charge on any atom is -0.396 e. The second kappa shape index (κ2) is 7.90. The molecule has 4 nitrogen and oxygen atoms in total. The van der Waals surface area contributed by atoms with Gasteiger partial charge in [0.15, 0.2) is 0 Å². The molecule has 2 atom stereocenters. The van der Waals surface area contributed by atoms with Gasteiger partial charge in [-0.15, -0.1) is 0 Å². The lowest BCUT2D eigenvalue weighted by Crippen LogP contribution is -2.47. The van der Waals surface area contributed by atoms with Gasteiger partial charge in [-0.05, 0) is 24.9 Å². The van der Waals surface area contributed by atoms with E-state index >= 15 is 0 Å². The maximum Gasteiger partial charge on any atom is 0.0900 e. The SMILES string of the molecule is CC1(CO)CCCN(CC(O)COCc2ccccc2)C1. The molecule has 0 saturated carbocycles. The molecule has 0 radical (unpaired) electrons. The molecular formula is C17H27NO3. The van der Waals surface area contributed by atoms with Gasteiger partial charge in [0.2, 0.25) is 0 Å². The Bertz CT molecular complexity index is 412. The lowest BCUT2D eigenvalue weighted by atomic mass is 9.83.